The molecule has 0 fully saturated rings. The van der Waals surface area contributed by atoms with Crippen LogP contribution in [0.15, 0.2) is 65.6 Å². The summed E-state index contributed by atoms with van der Waals surface area (Å²) in [6, 6.07) is 17.7. The third-order valence-corrected chi connectivity index (χ3v) is 8.61. The molecule has 3 aromatic rings. The molecule has 0 aliphatic rings. The van der Waals surface area contributed by atoms with Crippen molar-refractivity contribution in [2.24, 2.45) is 0 Å². The SMILES string of the molecule is Cc1cc(C)c([C@@H](C)NC(=O)CN(CCc2ccccc2)S(=O)(=O)c2cc(Cl)ccc2Cl)cc1C. The number of sulfonamides is 1. The van der Waals surface area contributed by atoms with Crippen LogP contribution in [0, 0.1) is 20.8 Å². The van der Waals surface area contributed by atoms with Crippen molar-refractivity contribution in [1.29, 1.82) is 0 Å². The van der Waals surface area contributed by atoms with Crippen LogP contribution < -0.4 is 5.32 Å². The smallest absolute Gasteiger partial charge is 0.245 e. The maximum absolute atomic E-state index is 13.6. The number of hydrogen-bond acceptors (Lipinski definition) is 3. The summed E-state index contributed by atoms with van der Waals surface area (Å²) in [7, 11) is -4.08. The first kappa shape index (κ1) is 27.2. The summed E-state index contributed by atoms with van der Waals surface area (Å²) in [5.41, 5.74) is 5.35. The average Bonchev–Trinajstić information content (AvgIpc) is 2.81. The van der Waals surface area contributed by atoms with E-state index < -0.39 is 15.9 Å². The molecule has 1 amide bonds. The Bertz CT molecular complexity index is 1310. The molecule has 0 unspecified atom stereocenters. The third kappa shape index (κ3) is 6.85. The topological polar surface area (TPSA) is 66.5 Å². The minimum absolute atomic E-state index is 0.0543. The Labute approximate surface area is 218 Å². The van der Waals surface area contributed by atoms with Gasteiger partial charge in [-0.25, -0.2) is 8.42 Å². The molecule has 0 radical (unpaired) electrons. The summed E-state index contributed by atoms with van der Waals surface area (Å²) in [5, 5.41) is 3.26. The van der Waals surface area contributed by atoms with Gasteiger partial charge in [0, 0.05) is 11.6 Å². The second-order valence-corrected chi connectivity index (χ2v) is 11.5. The predicted molar refractivity (Wildman–Crippen MR) is 143 cm³/mol. The van der Waals surface area contributed by atoms with E-state index in [4.69, 9.17) is 23.2 Å². The fourth-order valence-corrected chi connectivity index (χ4v) is 6.11. The van der Waals surface area contributed by atoms with Crippen LogP contribution in [0.5, 0.6) is 0 Å². The normalized spacial score (nSPS) is 12.5. The number of carbonyl (C=O) groups excluding carboxylic acids is 1. The number of amides is 1. The van der Waals surface area contributed by atoms with Gasteiger partial charge in [-0.2, -0.15) is 4.31 Å². The predicted octanol–water partition coefficient (Wildman–Crippen LogP) is 6.03. The molecular weight excluding hydrogens is 503 g/mol. The first-order valence-corrected chi connectivity index (χ1v) is 13.5. The minimum atomic E-state index is -4.08. The van der Waals surface area contributed by atoms with Crippen molar-refractivity contribution in [3.63, 3.8) is 0 Å². The molecular formula is C27H30Cl2N2O3S. The van der Waals surface area contributed by atoms with Crippen LogP contribution in [0.4, 0.5) is 0 Å². The van der Waals surface area contributed by atoms with Gasteiger partial charge in [-0.3, -0.25) is 4.79 Å². The van der Waals surface area contributed by atoms with E-state index in [9.17, 15) is 13.2 Å². The number of carbonyl (C=O) groups is 1. The van der Waals surface area contributed by atoms with E-state index in [1.807, 2.05) is 58.0 Å². The van der Waals surface area contributed by atoms with Crippen LogP contribution in [0.3, 0.4) is 0 Å². The van der Waals surface area contributed by atoms with Gasteiger partial charge in [-0.15, -0.1) is 0 Å². The second kappa shape index (κ2) is 11.6. The molecule has 0 spiro atoms. The van der Waals surface area contributed by atoms with Gasteiger partial charge in [0.25, 0.3) is 0 Å². The van der Waals surface area contributed by atoms with Crippen LogP contribution in [-0.2, 0) is 21.2 Å². The molecule has 1 N–H and O–H groups in total. The monoisotopic (exact) mass is 532 g/mol. The Morgan fingerprint density at radius 2 is 1.60 bits per heavy atom. The lowest BCUT2D eigenvalue weighted by Gasteiger charge is -2.24. The van der Waals surface area contributed by atoms with Crippen LogP contribution >= 0.6 is 23.2 Å². The minimum Gasteiger partial charge on any atom is -0.348 e. The van der Waals surface area contributed by atoms with Gasteiger partial charge in [0.15, 0.2) is 0 Å². The van der Waals surface area contributed by atoms with E-state index in [2.05, 4.69) is 17.4 Å². The summed E-state index contributed by atoms with van der Waals surface area (Å²) in [6.07, 6.45) is 0.442. The highest BCUT2D eigenvalue weighted by atomic mass is 35.5. The molecule has 0 saturated heterocycles. The van der Waals surface area contributed by atoms with Crippen LogP contribution in [0.1, 0.15) is 40.8 Å². The maximum Gasteiger partial charge on any atom is 0.245 e. The van der Waals surface area contributed by atoms with Crippen molar-refractivity contribution < 1.29 is 13.2 Å². The zero-order valence-electron chi connectivity index (χ0n) is 20.3. The molecule has 5 nitrogen and oxygen atoms in total. The molecule has 0 aromatic heterocycles. The van der Waals surface area contributed by atoms with Crippen LogP contribution in [-0.4, -0.2) is 31.7 Å². The lowest BCUT2D eigenvalue weighted by Crippen LogP contribution is -2.42. The number of nitrogens with one attached hydrogen (secondary N) is 1. The van der Waals surface area contributed by atoms with E-state index in [1.165, 1.54) is 23.8 Å². The number of nitrogens with zero attached hydrogens (tertiary/aromatic N) is 1. The van der Waals surface area contributed by atoms with Crippen molar-refractivity contribution in [3.8, 4) is 0 Å². The Kier molecular flexibility index (Phi) is 9.00. The van der Waals surface area contributed by atoms with Gasteiger partial charge in [0.05, 0.1) is 17.6 Å². The van der Waals surface area contributed by atoms with Crippen molar-refractivity contribution in [3.05, 3.63) is 98.5 Å². The summed E-state index contributed by atoms with van der Waals surface area (Å²) < 4.78 is 28.3. The largest absolute Gasteiger partial charge is 0.348 e. The summed E-state index contributed by atoms with van der Waals surface area (Å²) in [6.45, 7) is 7.74. The Hall–Kier alpha value is -2.38. The van der Waals surface area contributed by atoms with Gasteiger partial charge < -0.3 is 5.32 Å². The first-order chi connectivity index (χ1) is 16.5. The van der Waals surface area contributed by atoms with Crippen molar-refractivity contribution >= 4 is 39.1 Å². The molecule has 1 atom stereocenters. The van der Waals surface area contributed by atoms with Gasteiger partial charge >= 0.3 is 0 Å². The molecule has 0 heterocycles. The molecule has 8 heteroatoms. The highest BCUT2D eigenvalue weighted by Gasteiger charge is 2.29. The lowest BCUT2D eigenvalue weighted by atomic mass is 9.96. The molecule has 0 aliphatic carbocycles. The van der Waals surface area contributed by atoms with Crippen molar-refractivity contribution in [1.82, 2.24) is 9.62 Å². The standard InChI is InChI=1S/C27H30Cl2N2O3S/c1-18-14-20(3)24(15-19(18)2)21(4)30-27(32)17-31(13-12-22-8-6-5-7-9-22)35(33,34)26-16-23(28)10-11-25(26)29/h5-11,14-16,21H,12-13,17H2,1-4H3,(H,30,32)/t21-/m1/s1. The second-order valence-electron chi connectivity index (χ2n) is 8.73. The molecule has 35 heavy (non-hydrogen) atoms. The van der Waals surface area contributed by atoms with E-state index >= 15 is 0 Å². The molecule has 0 bridgehead atoms. The van der Waals surface area contributed by atoms with E-state index in [0.29, 0.717) is 6.42 Å². The molecule has 186 valence electrons. The Balaban J connectivity index is 1.85. The highest BCUT2D eigenvalue weighted by molar-refractivity contribution is 7.89. The van der Waals surface area contributed by atoms with Crippen molar-refractivity contribution in [2.75, 3.05) is 13.1 Å². The molecule has 3 rings (SSSR count). The zero-order valence-corrected chi connectivity index (χ0v) is 22.6. The molecule has 3 aromatic carbocycles. The number of hydrogen-bond donors (Lipinski definition) is 1. The average molecular weight is 534 g/mol. The van der Waals surface area contributed by atoms with Crippen LogP contribution in [0.25, 0.3) is 0 Å². The Morgan fingerprint density at radius 1 is 0.943 bits per heavy atom. The third-order valence-electron chi connectivity index (χ3n) is 6.05. The summed E-state index contributed by atoms with van der Waals surface area (Å²) >= 11 is 12.3. The fraction of sp³-hybridized carbons (Fsp3) is 0.296. The first-order valence-electron chi connectivity index (χ1n) is 11.3. The van der Waals surface area contributed by atoms with E-state index in [1.54, 1.807) is 0 Å². The molecule has 0 saturated carbocycles. The van der Waals surface area contributed by atoms with Gasteiger partial charge in [-0.1, -0.05) is 65.7 Å². The van der Waals surface area contributed by atoms with E-state index in [0.717, 1.165) is 26.6 Å². The Morgan fingerprint density at radius 3 is 2.29 bits per heavy atom. The number of halogens is 2. The lowest BCUT2D eigenvalue weighted by molar-refractivity contribution is -0.121. The maximum atomic E-state index is 13.6. The van der Waals surface area contributed by atoms with Crippen LogP contribution in [0.2, 0.25) is 10.0 Å². The number of aryl methyl sites for hydroxylation is 3. The summed E-state index contributed by atoms with van der Waals surface area (Å²) in [5.74, 6) is -0.398. The molecule has 0 aliphatic heterocycles. The van der Waals surface area contributed by atoms with Crippen molar-refractivity contribution in [2.45, 2.75) is 45.1 Å². The van der Waals surface area contributed by atoms with Gasteiger partial charge in [0.1, 0.15) is 4.90 Å². The summed E-state index contributed by atoms with van der Waals surface area (Å²) in [4.78, 5) is 12.9. The quantitative estimate of drug-likeness (QED) is 0.365. The number of benzene rings is 3. The van der Waals surface area contributed by atoms with Gasteiger partial charge in [-0.05, 0) is 80.1 Å². The van der Waals surface area contributed by atoms with Gasteiger partial charge in [0.2, 0.25) is 15.9 Å². The van der Waals surface area contributed by atoms with E-state index in [-0.39, 0.29) is 34.1 Å². The zero-order chi connectivity index (χ0) is 25.8. The number of rotatable bonds is 9. The highest BCUT2D eigenvalue weighted by Crippen LogP contribution is 2.28. The fourth-order valence-electron chi connectivity index (χ4n) is 3.97.